The van der Waals surface area contributed by atoms with Gasteiger partial charge in [-0.15, -0.1) is 0 Å². The topological polar surface area (TPSA) is 101 Å². The van der Waals surface area contributed by atoms with Crippen molar-refractivity contribution in [2.45, 2.75) is 19.8 Å². The number of carbonyl (C=O) groups is 2. The Balaban J connectivity index is 2.25. The van der Waals surface area contributed by atoms with Crippen molar-refractivity contribution in [2.75, 3.05) is 10.6 Å². The minimum absolute atomic E-state index is 0.0580. The standard InChI is InChI=1S/C17H15Cl2N3O4/c1-2-3-16(23)20-10-4-6-14(19)15(8-10)21-17(24)12-9-11(22(25)26)5-7-13(12)18/h4-9H,2-3H2,1H3,(H,20,23)(H,21,24). The third-order valence-electron chi connectivity index (χ3n) is 3.38. The maximum atomic E-state index is 12.4. The van der Waals surface area contributed by atoms with Crippen LogP contribution >= 0.6 is 23.2 Å². The van der Waals surface area contributed by atoms with Gasteiger partial charge in [0.25, 0.3) is 11.6 Å². The van der Waals surface area contributed by atoms with Crippen LogP contribution in [0.5, 0.6) is 0 Å². The lowest BCUT2D eigenvalue weighted by Crippen LogP contribution is -2.14. The van der Waals surface area contributed by atoms with Gasteiger partial charge in [0.05, 0.1) is 26.2 Å². The molecule has 0 fully saturated rings. The quantitative estimate of drug-likeness (QED) is 0.536. The molecule has 26 heavy (non-hydrogen) atoms. The van der Waals surface area contributed by atoms with Crippen molar-refractivity contribution in [1.29, 1.82) is 0 Å². The highest BCUT2D eigenvalue weighted by Gasteiger charge is 2.17. The first-order valence-corrected chi connectivity index (χ1v) is 8.42. The van der Waals surface area contributed by atoms with Crippen LogP contribution in [0, 0.1) is 10.1 Å². The van der Waals surface area contributed by atoms with E-state index in [2.05, 4.69) is 10.6 Å². The number of nitro groups is 1. The highest BCUT2D eigenvalue weighted by atomic mass is 35.5. The molecule has 2 aromatic rings. The summed E-state index contributed by atoms with van der Waals surface area (Å²) in [5, 5.41) is 16.4. The van der Waals surface area contributed by atoms with Gasteiger partial charge in [-0.05, 0) is 30.7 Å². The van der Waals surface area contributed by atoms with Crippen LogP contribution in [0.2, 0.25) is 10.0 Å². The molecule has 0 saturated carbocycles. The van der Waals surface area contributed by atoms with E-state index in [1.54, 1.807) is 6.07 Å². The molecule has 0 atom stereocenters. The van der Waals surface area contributed by atoms with Crippen molar-refractivity contribution in [3.8, 4) is 0 Å². The molecule has 0 aliphatic carbocycles. The molecular weight excluding hydrogens is 381 g/mol. The smallest absolute Gasteiger partial charge is 0.270 e. The summed E-state index contributed by atoms with van der Waals surface area (Å²) >= 11 is 12.0. The van der Waals surface area contributed by atoms with Gasteiger partial charge in [-0.2, -0.15) is 0 Å². The second-order valence-corrected chi connectivity index (χ2v) is 6.18. The third-order valence-corrected chi connectivity index (χ3v) is 4.04. The summed E-state index contributed by atoms with van der Waals surface area (Å²) in [6.07, 6.45) is 1.07. The zero-order valence-corrected chi connectivity index (χ0v) is 15.2. The molecule has 136 valence electrons. The van der Waals surface area contributed by atoms with Crippen molar-refractivity contribution < 1.29 is 14.5 Å². The first-order chi connectivity index (χ1) is 12.3. The molecule has 0 heterocycles. The fourth-order valence-electron chi connectivity index (χ4n) is 2.14. The Labute approximate surface area is 159 Å². The van der Waals surface area contributed by atoms with Crippen molar-refractivity contribution in [1.82, 2.24) is 0 Å². The number of carbonyl (C=O) groups excluding carboxylic acids is 2. The van der Waals surface area contributed by atoms with Gasteiger partial charge in [-0.3, -0.25) is 19.7 Å². The minimum Gasteiger partial charge on any atom is -0.326 e. The molecule has 0 spiro atoms. The molecule has 0 bridgehead atoms. The van der Waals surface area contributed by atoms with E-state index in [1.165, 1.54) is 24.3 Å². The predicted molar refractivity (Wildman–Crippen MR) is 101 cm³/mol. The summed E-state index contributed by atoms with van der Waals surface area (Å²) in [7, 11) is 0. The fraction of sp³-hybridized carbons (Fsp3) is 0.176. The van der Waals surface area contributed by atoms with E-state index in [0.29, 0.717) is 18.5 Å². The molecule has 2 amide bonds. The van der Waals surface area contributed by atoms with E-state index in [0.717, 1.165) is 6.07 Å². The van der Waals surface area contributed by atoms with Gasteiger partial charge in [-0.1, -0.05) is 30.1 Å². The summed E-state index contributed by atoms with van der Waals surface area (Å²) in [6, 6.07) is 8.19. The number of nitrogens with zero attached hydrogens (tertiary/aromatic N) is 1. The monoisotopic (exact) mass is 395 g/mol. The molecule has 7 nitrogen and oxygen atoms in total. The number of non-ortho nitro benzene ring substituents is 1. The van der Waals surface area contributed by atoms with Crippen LogP contribution in [-0.2, 0) is 4.79 Å². The van der Waals surface area contributed by atoms with Gasteiger partial charge in [0, 0.05) is 24.2 Å². The van der Waals surface area contributed by atoms with Crippen molar-refractivity contribution >= 4 is 52.1 Å². The van der Waals surface area contributed by atoms with Crippen LogP contribution in [0.15, 0.2) is 36.4 Å². The molecule has 0 aliphatic heterocycles. The maximum absolute atomic E-state index is 12.4. The van der Waals surface area contributed by atoms with Crippen LogP contribution in [0.25, 0.3) is 0 Å². The average Bonchev–Trinajstić information content (AvgIpc) is 2.58. The first kappa shape index (κ1) is 19.7. The number of amides is 2. The fourth-order valence-corrected chi connectivity index (χ4v) is 2.51. The second-order valence-electron chi connectivity index (χ2n) is 5.37. The molecule has 0 unspecified atom stereocenters. The van der Waals surface area contributed by atoms with Gasteiger partial charge < -0.3 is 10.6 Å². The molecule has 2 aromatic carbocycles. The van der Waals surface area contributed by atoms with E-state index in [9.17, 15) is 19.7 Å². The van der Waals surface area contributed by atoms with Crippen LogP contribution in [0.4, 0.5) is 17.1 Å². The zero-order valence-electron chi connectivity index (χ0n) is 13.7. The lowest BCUT2D eigenvalue weighted by atomic mass is 10.1. The highest BCUT2D eigenvalue weighted by molar-refractivity contribution is 6.36. The number of nitrogens with one attached hydrogen (secondary N) is 2. The molecule has 0 aliphatic rings. The number of nitro benzene ring substituents is 1. The maximum Gasteiger partial charge on any atom is 0.270 e. The Bertz CT molecular complexity index is 871. The molecule has 0 radical (unpaired) electrons. The number of hydrogen-bond acceptors (Lipinski definition) is 4. The van der Waals surface area contributed by atoms with Crippen molar-refractivity contribution in [2.24, 2.45) is 0 Å². The molecule has 9 heteroatoms. The number of rotatable bonds is 6. The Morgan fingerprint density at radius 3 is 2.42 bits per heavy atom. The Morgan fingerprint density at radius 1 is 1.08 bits per heavy atom. The molecule has 0 aromatic heterocycles. The summed E-state index contributed by atoms with van der Waals surface area (Å²) in [4.78, 5) is 34.4. The molecule has 2 rings (SSSR count). The van der Waals surface area contributed by atoms with E-state index < -0.39 is 10.8 Å². The van der Waals surface area contributed by atoms with E-state index >= 15 is 0 Å². The summed E-state index contributed by atoms with van der Waals surface area (Å²) in [5.74, 6) is -0.813. The van der Waals surface area contributed by atoms with Gasteiger partial charge in [0.1, 0.15) is 0 Å². The average molecular weight is 396 g/mol. The second kappa shape index (κ2) is 8.64. The van der Waals surface area contributed by atoms with Crippen LogP contribution in [0.1, 0.15) is 30.1 Å². The van der Waals surface area contributed by atoms with E-state index in [-0.39, 0.29) is 32.9 Å². The number of halogens is 2. The first-order valence-electron chi connectivity index (χ1n) is 7.66. The van der Waals surface area contributed by atoms with Crippen molar-refractivity contribution in [3.05, 3.63) is 62.1 Å². The van der Waals surface area contributed by atoms with Gasteiger partial charge in [0.2, 0.25) is 5.91 Å². The van der Waals surface area contributed by atoms with Gasteiger partial charge in [-0.25, -0.2) is 0 Å². The summed E-state index contributed by atoms with van der Waals surface area (Å²) in [6.45, 7) is 1.88. The van der Waals surface area contributed by atoms with E-state index in [4.69, 9.17) is 23.2 Å². The molecular formula is C17H15Cl2N3O4. The van der Waals surface area contributed by atoms with Crippen LogP contribution in [-0.4, -0.2) is 16.7 Å². The lowest BCUT2D eigenvalue weighted by molar-refractivity contribution is -0.384. The Hall–Kier alpha value is -2.64. The zero-order chi connectivity index (χ0) is 19.3. The highest BCUT2D eigenvalue weighted by Crippen LogP contribution is 2.28. The largest absolute Gasteiger partial charge is 0.326 e. The van der Waals surface area contributed by atoms with Gasteiger partial charge in [0.15, 0.2) is 0 Å². The lowest BCUT2D eigenvalue weighted by Gasteiger charge is -2.11. The van der Waals surface area contributed by atoms with Gasteiger partial charge >= 0.3 is 0 Å². The van der Waals surface area contributed by atoms with Crippen LogP contribution in [0.3, 0.4) is 0 Å². The SMILES string of the molecule is CCCC(=O)Nc1ccc(Cl)c(NC(=O)c2cc([N+](=O)[O-])ccc2Cl)c1. The van der Waals surface area contributed by atoms with E-state index in [1.807, 2.05) is 6.92 Å². The molecule has 2 N–H and O–H groups in total. The number of anilines is 2. The minimum atomic E-state index is -0.655. The van der Waals surface area contributed by atoms with Crippen molar-refractivity contribution in [3.63, 3.8) is 0 Å². The summed E-state index contributed by atoms with van der Waals surface area (Å²) < 4.78 is 0. The summed E-state index contributed by atoms with van der Waals surface area (Å²) in [5.41, 5.74) is 0.394. The van der Waals surface area contributed by atoms with Crippen LogP contribution < -0.4 is 10.6 Å². The third kappa shape index (κ3) is 4.93. The Kier molecular flexibility index (Phi) is 6.54. The molecule has 0 saturated heterocycles. The number of benzene rings is 2. The predicted octanol–water partition coefficient (Wildman–Crippen LogP) is 4.89. The normalized spacial score (nSPS) is 10.3. The Morgan fingerprint density at radius 2 is 1.77 bits per heavy atom. The number of hydrogen-bond donors (Lipinski definition) is 2.